The van der Waals surface area contributed by atoms with Crippen LogP contribution in [-0.2, 0) is 11.3 Å². The molecule has 0 aromatic carbocycles. The van der Waals surface area contributed by atoms with Crippen LogP contribution in [0.4, 0.5) is 0 Å². The lowest BCUT2D eigenvalue weighted by atomic mass is 10.1. The Labute approximate surface area is 119 Å². The van der Waals surface area contributed by atoms with E-state index in [9.17, 15) is 19.8 Å². The second-order valence-corrected chi connectivity index (χ2v) is 5.58. The van der Waals surface area contributed by atoms with Gasteiger partial charge in [0.15, 0.2) is 0 Å². The van der Waals surface area contributed by atoms with Crippen LogP contribution >= 0.6 is 0 Å². The van der Waals surface area contributed by atoms with Crippen LogP contribution < -0.4 is 15.9 Å². The van der Waals surface area contributed by atoms with Gasteiger partial charge in [0.2, 0.25) is 12.6 Å². The zero-order valence-corrected chi connectivity index (χ0v) is 11.3. The second-order valence-electron chi connectivity index (χ2n) is 5.58. The third-order valence-corrected chi connectivity index (χ3v) is 3.92. The molecule has 2 aliphatic rings. The van der Waals surface area contributed by atoms with E-state index in [0.29, 0.717) is 12.5 Å². The fourth-order valence-corrected chi connectivity index (χ4v) is 2.48. The number of aromatic nitrogens is 3. The Morgan fingerprint density at radius 2 is 2.05 bits per heavy atom. The van der Waals surface area contributed by atoms with E-state index >= 15 is 0 Å². The van der Waals surface area contributed by atoms with Crippen molar-refractivity contribution in [1.82, 2.24) is 9.55 Å². The monoisotopic (exact) mass is 300 g/mol. The number of rotatable bonds is 4. The molecule has 4 atom stereocenters. The van der Waals surface area contributed by atoms with Crippen molar-refractivity contribution in [1.29, 1.82) is 0 Å². The summed E-state index contributed by atoms with van der Waals surface area (Å²) in [6.45, 7) is 0.0132. The van der Waals surface area contributed by atoms with Crippen molar-refractivity contribution in [2.24, 2.45) is 5.92 Å². The van der Waals surface area contributed by atoms with Gasteiger partial charge in [0.05, 0.1) is 13.2 Å². The van der Waals surface area contributed by atoms with Gasteiger partial charge >= 0.3 is 11.4 Å². The lowest BCUT2D eigenvalue weighted by Crippen LogP contribution is -2.57. The highest BCUT2D eigenvalue weighted by atomic mass is 16.6. The molecule has 0 bridgehead atoms. The van der Waals surface area contributed by atoms with Crippen LogP contribution in [0.15, 0.2) is 15.9 Å². The average molecular weight is 300 g/mol. The van der Waals surface area contributed by atoms with E-state index in [1.165, 1.54) is 10.9 Å². The molecular formula is C12H18N3O6+. The van der Waals surface area contributed by atoms with Crippen LogP contribution in [0.2, 0.25) is 0 Å². The van der Waals surface area contributed by atoms with Gasteiger partial charge < -0.3 is 20.1 Å². The highest BCUT2D eigenvalue weighted by Gasteiger charge is 2.46. The van der Waals surface area contributed by atoms with Gasteiger partial charge in [-0.1, -0.05) is 0 Å². The summed E-state index contributed by atoms with van der Waals surface area (Å²) in [5, 5.41) is 28.7. The van der Waals surface area contributed by atoms with Crippen molar-refractivity contribution in [3.8, 4) is 0 Å². The van der Waals surface area contributed by atoms with Crippen LogP contribution in [0, 0.1) is 5.92 Å². The van der Waals surface area contributed by atoms with E-state index in [1.807, 2.05) is 0 Å². The summed E-state index contributed by atoms with van der Waals surface area (Å²) in [6, 6.07) is 0. The Bertz CT molecular complexity index is 637. The van der Waals surface area contributed by atoms with Crippen LogP contribution in [0.25, 0.3) is 0 Å². The Morgan fingerprint density at radius 1 is 1.33 bits per heavy atom. The molecule has 1 aliphatic heterocycles. The Morgan fingerprint density at radius 3 is 2.62 bits per heavy atom. The molecule has 3 rings (SSSR count). The van der Waals surface area contributed by atoms with Crippen molar-refractivity contribution in [3.63, 3.8) is 0 Å². The number of hydrogen-bond acceptors (Lipinski definition) is 6. The minimum absolute atomic E-state index is 0.423. The van der Waals surface area contributed by atoms with Crippen molar-refractivity contribution < 1.29 is 24.6 Å². The number of H-pyrrole nitrogens is 1. The zero-order chi connectivity index (χ0) is 15.1. The smallest absolute Gasteiger partial charge is 0.394 e. The van der Waals surface area contributed by atoms with Gasteiger partial charge in [0.25, 0.3) is 0 Å². The minimum Gasteiger partial charge on any atom is -0.394 e. The Balaban J connectivity index is 1.94. The lowest BCUT2D eigenvalue weighted by Gasteiger charge is -2.13. The minimum atomic E-state index is -1.36. The predicted octanol–water partition coefficient (Wildman–Crippen LogP) is -3.15. The van der Waals surface area contributed by atoms with Crippen molar-refractivity contribution in [3.05, 3.63) is 27.3 Å². The molecule has 21 heavy (non-hydrogen) atoms. The van der Waals surface area contributed by atoms with E-state index in [-0.39, 0.29) is 0 Å². The first kappa shape index (κ1) is 14.4. The predicted molar refractivity (Wildman–Crippen MR) is 67.3 cm³/mol. The number of aromatic amines is 1. The van der Waals surface area contributed by atoms with Gasteiger partial charge in [-0.15, -0.1) is 0 Å². The average Bonchev–Trinajstić information content (AvgIpc) is 3.22. The van der Waals surface area contributed by atoms with Gasteiger partial charge in [0, 0.05) is 0 Å². The molecule has 2 fully saturated rings. The molecule has 1 unspecified atom stereocenters. The number of aliphatic hydroxyl groups excluding tert-OH is 3. The van der Waals surface area contributed by atoms with Gasteiger partial charge in [-0.25, -0.2) is 14.2 Å². The number of nitrogens with one attached hydrogen (secondary N) is 1. The van der Waals surface area contributed by atoms with Crippen molar-refractivity contribution in [2.75, 3.05) is 6.61 Å². The molecule has 1 saturated carbocycles. The summed E-state index contributed by atoms with van der Waals surface area (Å²) < 4.78 is 7.69. The first-order chi connectivity index (χ1) is 10.0. The summed E-state index contributed by atoms with van der Waals surface area (Å²) in [6.07, 6.45) is -1.40. The molecule has 1 aromatic heterocycles. The molecule has 4 N–H and O–H groups in total. The number of aliphatic hydroxyl groups is 3. The molecule has 1 aliphatic carbocycles. The van der Waals surface area contributed by atoms with E-state index in [1.54, 1.807) is 0 Å². The lowest BCUT2D eigenvalue weighted by molar-refractivity contribution is -0.721. The molecule has 9 nitrogen and oxygen atoms in total. The number of ether oxygens (including phenoxy) is 1. The first-order valence-corrected chi connectivity index (χ1v) is 6.88. The second kappa shape index (κ2) is 5.34. The third-order valence-electron chi connectivity index (χ3n) is 3.92. The molecule has 2 heterocycles. The quantitative estimate of drug-likeness (QED) is 0.435. The largest absolute Gasteiger partial charge is 0.448 e. The van der Waals surface area contributed by atoms with E-state index < -0.39 is 42.5 Å². The summed E-state index contributed by atoms with van der Waals surface area (Å²) in [5.74, 6) is 0.423. The summed E-state index contributed by atoms with van der Waals surface area (Å²) in [7, 11) is 0. The van der Waals surface area contributed by atoms with Crippen LogP contribution in [0.5, 0.6) is 0 Å². The summed E-state index contributed by atoms with van der Waals surface area (Å²) >= 11 is 0. The summed E-state index contributed by atoms with van der Waals surface area (Å²) in [5.41, 5.74) is -1.25. The standard InChI is InChI=1S/C12H17N3O6/c16-4-7-8(17)9(18)10(21-7)15-5-14(3-6-1-2-6)11(19)13-12(15)20/h5-10,16-18H,1-4H2/p+1/t7-,8+,9?,10-/m1/s1. The fraction of sp³-hybridized carbons (Fsp3) is 0.750. The molecular weight excluding hydrogens is 282 g/mol. The van der Waals surface area contributed by atoms with Gasteiger partial charge in [-0.2, -0.15) is 9.55 Å². The number of hydrogen-bond donors (Lipinski definition) is 4. The number of nitrogens with zero attached hydrogens (tertiary/aromatic N) is 2. The van der Waals surface area contributed by atoms with E-state index in [2.05, 4.69) is 4.98 Å². The Kier molecular flexibility index (Phi) is 3.66. The first-order valence-electron chi connectivity index (χ1n) is 6.88. The van der Waals surface area contributed by atoms with Crippen LogP contribution in [-0.4, -0.2) is 49.8 Å². The van der Waals surface area contributed by atoms with Crippen molar-refractivity contribution in [2.45, 2.75) is 43.9 Å². The van der Waals surface area contributed by atoms with Gasteiger partial charge in [0.1, 0.15) is 18.3 Å². The Hall–Kier alpha value is -1.55. The molecule has 116 valence electrons. The molecule has 9 heteroatoms. The normalized spacial score (nSPS) is 32.5. The molecule has 0 amide bonds. The van der Waals surface area contributed by atoms with Crippen molar-refractivity contribution >= 4 is 0 Å². The maximum Gasteiger partial charge on any atom is 0.448 e. The molecule has 0 radical (unpaired) electrons. The molecule has 0 spiro atoms. The molecule has 1 aromatic rings. The maximum absolute atomic E-state index is 11.9. The topological polar surface area (TPSA) is 129 Å². The highest BCUT2D eigenvalue weighted by molar-refractivity contribution is 4.89. The van der Waals surface area contributed by atoms with Gasteiger partial charge in [-0.05, 0) is 18.8 Å². The highest BCUT2D eigenvalue weighted by Crippen LogP contribution is 2.29. The van der Waals surface area contributed by atoms with Crippen LogP contribution in [0.3, 0.4) is 0 Å². The SMILES string of the molecule is O=c1[nH]c(=O)[n+](CC2CC2)cn1[C@@H]1O[C@H](CO)[C@H](O)C1O. The maximum atomic E-state index is 11.9. The van der Waals surface area contributed by atoms with E-state index in [0.717, 1.165) is 17.4 Å². The fourth-order valence-electron chi connectivity index (χ4n) is 2.48. The third kappa shape index (κ3) is 2.64. The molecule has 1 saturated heterocycles. The van der Waals surface area contributed by atoms with Crippen LogP contribution in [0.1, 0.15) is 19.1 Å². The zero-order valence-electron chi connectivity index (χ0n) is 11.3. The summed E-state index contributed by atoms with van der Waals surface area (Å²) in [4.78, 5) is 25.8. The van der Waals surface area contributed by atoms with E-state index in [4.69, 9.17) is 9.84 Å². The van der Waals surface area contributed by atoms with Gasteiger partial charge in [-0.3, -0.25) is 0 Å².